The minimum absolute atomic E-state index is 0.168. The Bertz CT molecular complexity index is 1250. The first kappa shape index (κ1) is 27.1. The molecule has 1 N–H and O–H groups in total. The maximum absolute atomic E-state index is 13.7. The van der Waals surface area contributed by atoms with Crippen molar-refractivity contribution in [2.75, 3.05) is 46.9 Å². The lowest BCUT2D eigenvalue weighted by Crippen LogP contribution is -2.56. The summed E-state index contributed by atoms with van der Waals surface area (Å²) in [5.41, 5.74) is 1.82. The van der Waals surface area contributed by atoms with Crippen molar-refractivity contribution in [1.82, 2.24) is 20.0 Å². The van der Waals surface area contributed by atoms with E-state index in [9.17, 15) is 18.8 Å². The number of rotatable bonds is 7. The lowest BCUT2D eigenvalue weighted by atomic mass is 9.93. The van der Waals surface area contributed by atoms with Gasteiger partial charge in [-0.3, -0.25) is 14.6 Å². The molecule has 0 aromatic heterocycles. The highest BCUT2D eigenvalue weighted by Crippen LogP contribution is 2.36. The van der Waals surface area contributed by atoms with Gasteiger partial charge in [0.2, 0.25) is 0 Å². The summed E-state index contributed by atoms with van der Waals surface area (Å²) in [7, 11) is 3.16. The number of nitrogens with one attached hydrogen (secondary N) is 1. The molecular formula is C28H33FN4O5. The molecule has 0 unspecified atom stereocenters. The number of urea groups is 1. The summed E-state index contributed by atoms with van der Waals surface area (Å²) < 4.78 is 24.6. The number of para-hydroxylation sites is 1. The molecule has 0 spiro atoms. The average Bonchev–Trinajstić information content (AvgIpc) is 2.91. The smallest absolute Gasteiger partial charge is 0.338 e. The van der Waals surface area contributed by atoms with Crippen molar-refractivity contribution in [2.24, 2.45) is 0 Å². The Balaban J connectivity index is 1.62. The predicted molar refractivity (Wildman–Crippen MR) is 139 cm³/mol. The maximum atomic E-state index is 13.7. The fourth-order valence-electron chi connectivity index (χ4n) is 5.01. The quantitative estimate of drug-likeness (QED) is 0.560. The van der Waals surface area contributed by atoms with Crippen LogP contribution in [-0.4, -0.2) is 85.6 Å². The minimum atomic E-state index is -0.753. The largest absolute Gasteiger partial charge is 0.496 e. The number of nitrogens with zero attached hydrogens (tertiary/aromatic N) is 3. The molecule has 0 bridgehead atoms. The van der Waals surface area contributed by atoms with Gasteiger partial charge in [-0.25, -0.2) is 14.0 Å². The van der Waals surface area contributed by atoms with Crippen molar-refractivity contribution >= 4 is 17.9 Å². The van der Waals surface area contributed by atoms with E-state index in [-0.39, 0.29) is 24.6 Å². The molecule has 2 heterocycles. The van der Waals surface area contributed by atoms with Gasteiger partial charge in [-0.2, -0.15) is 0 Å². The number of piperazine rings is 1. The van der Waals surface area contributed by atoms with E-state index in [0.29, 0.717) is 54.3 Å². The molecule has 1 fully saturated rings. The zero-order valence-corrected chi connectivity index (χ0v) is 22.1. The first-order valence-corrected chi connectivity index (χ1v) is 12.6. The molecule has 0 radical (unpaired) electrons. The van der Waals surface area contributed by atoms with Crippen molar-refractivity contribution in [1.29, 1.82) is 0 Å². The standard InChI is InChI=1S/C28H33FN4O5/c1-5-38-27(35)24-22(31(3)28(36)30-25(24)21-11-6-7-12-23(21)37-4)17-32-13-14-33(18(2)16-32)26(34)19-9-8-10-20(29)15-19/h6-12,15,18,25H,5,13-14,16-17H2,1-4H3,(H,30,36)/t18-,25+/m0/s1. The molecule has 2 aromatic carbocycles. The van der Waals surface area contributed by atoms with Gasteiger partial charge < -0.3 is 19.7 Å². The summed E-state index contributed by atoms with van der Waals surface area (Å²) in [6, 6.07) is 11.6. The number of hydrogen-bond donors (Lipinski definition) is 1. The summed E-state index contributed by atoms with van der Waals surface area (Å²) >= 11 is 0. The summed E-state index contributed by atoms with van der Waals surface area (Å²) in [5.74, 6) is -0.655. The zero-order chi connectivity index (χ0) is 27.4. The van der Waals surface area contributed by atoms with Crippen LogP contribution in [0.25, 0.3) is 0 Å². The second-order valence-corrected chi connectivity index (χ2v) is 9.36. The number of amides is 3. The molecule has 4 rings (SSSR count). The Morgan fingerprint density at radius 3 is 2.58 bits per heavy atom. The number of carbonyl (C=O) groups excluding carboxylic acids is 3. The molecule has 1 saturated heterocycles. The van der Waals surface area contributed by atoms with E-state index in [2.05, 4.69) is 10.2 Å². The van der Waals surface area contributed by atoms with Crippen LogP contribution in [0.5, 0.6) is 5.75 Å². The summed E-state index contributed by atoms with van der Waals surface area (Å²) in [4.78, 5) is 44.6. The number of likely N-dealkylation sites (N-methyl/N-ethyl adjacent to an activating group) is 1. The first-order valence-electron chi connectivity index (χ1n) is 12.6. The topological polar surface area (TPSA) is 91.4 Å². The number of methoxy groups -OCH3 is 1. The van der Waals surface area contributed by atoms with Crippen molar-refractivity contribution in [3.63, 3.8) is 0 Å². The molecule has 9 nitrogen and oxygen atoms in total. The minimum Gasteiger partial charge on any atom is -0.496 e. The van der Waals surface area contributed by atoms with Gasteiger partial charge in [-0.05, 0) is 38.1 Å². The van der Waals surface area contributed by atoms with Gasteiger partial charge in [0.05, 0.1) is 25.3 Å². The molecule has 0 aliphatic carbocycles. The SMILES string of the molecule is CCOC(=O)C1=C(CN2CCN(C(=O)c3cccc(F)c3)[C@@H](C)C2)N(C)C(=O)N[C@@H]1c1ccccc1OC. The van der Waals surface area contributed by atoms with Crippen LogP contribution in [-0.2, 0) is 9.53 Å². The predicted octanol–water partition coefficient (Wildman–Crippen LogP) is 3.19. The molecule has 3 amide bonds. The van der Waals surface area contributed by atoms with Crippen LogP contribution in [0, 0.1) is 5.82 Å². The molecule has 2 atom stereocenters. The highest BCUT2D eigenvalue weighted by Gasteiger charge is 2.39. The third-order valence-electron chi connectivity index (χ3n) is 6.94. The third-order valence-corrected chi connectivity index (χ3v) is 6.94. The van der Waals surface area contributed by atoms with Crippen LogP contribution >= 0.6 is 0 Å². The van der Waals surface area contributed by atoms with Gasteiger partial charge in [0.25, 0.3) is 5.91 Å². The Hall–Kier alpha value is -3.92. The summed E-state index contributed by atoms with van der Waals surface area (Å²) in [6.07, 6.45) is 0. The molecular weight excluding hydrogens is 491 g/mol. The van der Waals surface area contributed by atoms with Crippen LogP contribution in [0.2, 0.25) is 0 Å². The number of ether oxygens (including phenoxy) is 2. The van der Waals surface area contributed by atoms with E-state index in [1.165, 1.54) is 30.2 Å². The number of carbonyl (C=O) groups is 3. The molecule has 0 saturated carbocycles. The van der Waals surface area contributed by atoms with E-state index >= 15 is 0 Å². The van der Waals surface area contributed by atoms with Crippen LogP contribution in [0.15, 0.2) is 59.8 Å². The Morgan fingerprint density at radius 1 is 1.13 bits per heavy atom. The highest BCUT2D eigenvalue weighted by atomic mass is 19.1. The van der Waals surface area contributed by atoms with Crippen LogP contribution in [0.3, 0.4) is 0 Å². The first-order chi connectivity index (χ1) is 18.2. The fraction of sp³-hybridized carbons (Fsp3) is 0.393. The van der Waals surface area contributed by atoms with Gasteiger partial charge in [0.1, 0.15) is 11.6 Å². The molecule has 2 aliphatic heterocycles. The molecule has 2 aromatic rings. The fourth-order valence-corrected chi connectivity index (χ4v) is 5.01. The molecule has 202 valence electrons. The average molecular weight is 525 g/mol. The van der Waals surface area contributed by atoms with Crippen LogP contribution in [0.4, 0.5) is 9.18 Å². The normalized spacial score (nSPS) is 20.3. The number of esters is 1. The Labute approximate surface area is 221 Å². The lowest BCUT2D eigenvalue weighted by Gasteiger charge is -2.42. The van der Waals surface area contributed by atoms with Gasteiger partial charge in [0, 0.05) is 56.1 Å². The van der Waals surface area contributed by atoms with E-state index < -0.39 is 17.8 Å². The Morgan fingerprint density at radius 2 is 1.89 bits per heavy atom. The van der Waals surface area contributed by atoms with Gasteiger partial charge in [-0.15, -0.1) is 0 Å². The monoisotopic (exact) mass is 524 g/mol. The Kier molecular flexibility index (Phi) is 8.31. The third kappa shape index (κ3) is 5.50. The van der Waals surface area contributed by atoms with Crippen LogP contribution in [0.1, 0.15) is 35.8 Å². The van der Waals surface area contributed by atoms with E-state index in [0.717, 1.165) is 0 Å². The van der Waals surface area contributed by atoms with Gasteiger partial charge >= 0.3 is 12.0 Å². The van der Waals surface area contributed by atoms with E-state index in [1.807, 2.05) is 25.1 Å². The summed E-state index contributed by atoms with van der Waals surface area (Å²) in [6.45, 7) is 5.59. The van der Waals surface area contributed by atoms with E-state index in [1.54, 1.807) is 31.0 Å². The summed E-state index contributed by atoms with van der Waals surface area (Å²) in [5, 5.41) is 2.91. The van der Waals surface area contributed by atoms with Crippen LogP contribution < -0.4 is 10.1 Å². The second-order valence-electron chi connectivity index (χ2n) is 9.36. The lowest BCUT2D eigenvalue weighted by molar-refractivity contribution is -0.139. The zero-order valence-electron chi connectivity index (χ0n) is 22.1. The van der Waals surface area contributed by atoms with Crippen molar-refractivity contribution in [3.05, 3.63) is 76.7 Å². The van der Waals surface area contributed by atoms with Crippen molar-refractivity contribution in [2.45, 2.75) is 25.9 Å². The molecule has 10 heteroatoms. The molecule has 2 aliphatic rings. The number of benzene rings is 2. The van der Waals surface area contributed by atoms with Gasteiger partial charge in [0.15, 0.2) is 0 Å². The number of hydrogen-bond acceptors (Lipinski definition) is 6. The van der Waals surface area contributed by atoms with E-state index in [4.69, 9.17) is 9.47 Å². The second kappa shape index (κ2) is 11.6. The van der Waals surface area contributed by atoms with Gasteiger partial charge in [-0.1, -0.05) is 24.3 Å². The highest BCUT2D eigenvalue weighted by molar-refractivity contribution is 5.96. The van der Waals surface area contributed by atoms with Crippen molar-refractivity contribution in [3.8, 4) is 5.75 Å². The molecule has 38 heavy (non-hydrogen) atoms. The van der Waals surface area contributed by atoms with Crippen molar-refractivity contribution < 1.29 is 28.2 Å². The number of halogens is 1. The maximum Gasteiger partial charge on any atom is 0.338 e.